The van der Waals surface area contributed by atoms with E-state index in [9.17, 15) is 0 Å². The molecule has 1 heteroatoms. The van der Waals surface area contributed by atoms with Gasteiger partial charge in [0.1, 0.15) is 6.10 Å². The summed E-state index contributed by atoms with van der Waals surface area (Å²) in [6, 6.07) is 0. The van der Waals surface area contributed by atoms with E-state index in [2.05, 4.69) is 11.8 Å². The molecule has 0 spiro atoms. The molecule has 0 aromatic carbocycles. The van der Waals surface area contributed by atoms with Crippen LogP contribution in [0.3, 0.4) is 0 Å². The topological polar surface area (TPSA) is 20.2 Å². The molecule has 0 bridgehead atoms. The first-order valence-electron chi connectivity index (χ1n) is 2.43. The van der Waals surface area contributed by atoms with Gasteiger partial charge < -0.3 is 5.11 Å². The second-order valence-electron chi connectivity index (χ2n) is 1.35. The third-order valence-corrected chi connectivity index (χ3v) is 0.488. The summed E-state index contributed by atoms with van der Waals surface area (Å²) in [5.41, 5.74) is 0. The lowest BCUT2D eigenvalue weighted by atomic mass is 10.4. The van der Waals surface area contributed by atoms with Crippen molar-refractivity contribution in [3.63, 3.8) is 0 Å². The predicted octanol–water partition coefficient (Wildman–Crippen LogP) is 0.781. The van der Waals surface area contributed by atoms with E-state index in [-0.39, 0.29) is 0 Å². The molecule has 7 heavy (non-hydrogen) atoms. The summed E-state index contributed by atoms with van der Waals surface area (Å²) in [6.45, 7) is 3.61. The molecule has 1 atom stereocenters. The molecule has 1 N–H and O–H groups in total. The minimum Gasteiger partial charge on any atom is -0.381 e. The fourth-order valence-electron chi connectivity index (χ4n) is 0.250. The number of rotatable bonds is 0. The molecule has 0 rings (SSSR count). The minimum absolute atomic E-state index is 0.458. The lowest BCUT2D eigenvalue weighted by Gasteiger charge is -1.83. The first-order chi connectivity index (χ1) is 3.27. The highest BCUT2D eigenvalue weighted by atomic mass is 16.3. The maximum atomic E-state index is 8.51. The van der Waals surface area contributed by atoms with Crippen LogP contribution in [0.5, 0.6) is 0 Å². The van der Waals surface area contributed by atoms with Crippen molar-refractivity contribution >= 4 is 0 Å². The van der Waals surface area contributed by atoms with Gasteiger partial charge in [-0.05, 0) is 6.92 Å². The Labute approximate surface area is 44.4 Å². The van der Waals surface area contributed by atoms with Gasteiger partial charge >= 0.3 is 0 Å². The highest BCUT2D eigenvalue weighted by Crippen LogP contribution is 1.73. The molecule has 0 heterocycles. The van der Waals surface area contributed by atoms with Gasteiger partial charge in [-0.3, -0.25) is 0 Å². The first kappa shape index (κ1) is 6.52. The number of aliphatic hydroxyl groups is 1. The Hall–Kier alpha value is -0.480. The molecule has 40 valence electrons. The van der Waals surface area contributed by atoms with Crippen LogP contribution in [0.15, 0.2) is 0 Å². The Kier molecular flexibility index (Phi) is 3.45. The van der Waals surface area contributed by atoms with E-state index in [0.717, 1.165) is 6.42 Å². The zero-order valence-corrected chi connectivity index (χ0v) is 4.73. The van der Waals surface area contributed by atoms with Crippen LogP contribution in [0, 0.1) is 11.8 Å². The molecule has 0 aromatic heterocycles. The zero-order valence-electron chi connectivity index (χ0n) is 4.73. The van der Waals surface area contributed by atoms with Gasteiger partial charge in [-0.1, -0.05) is 12.8 Å². The molecule has 0 saturated heterocycles. The molecule has 1 nitrogen and oxygen atoms in total. The largest absolute Gasteiger partial charge is 0.381 e. The van der Waals surface area contributed by atoms with Crippen LogP contribution in [0.1, 0.15) is 20.3 Å². The van der Waals surface area contributed by atoms with Crippen LogP contribution >= 0.6 is 0 Å². The third kappa shape index (κ3) is 5.52. The smallest absolute Gasteiger partial charge is 0.111 e. The second-order valence-corrected chi connectivity index (χ2v) is 1.35. The van der Waals surface area contributed by atoms with Gasteiger partial charge in [0.05, 0.1) is 0 Å². The molecular weight excluding hydrogens is 88.1 g/mol. The van der Waals surface area contributed by atoms with E-state index in [1.165, 1.54) is 0 Å². The monoisotopic (exact) mass is 98.1 g/mol. The van der Waals surface area contributed by atoms with E-state index < -0.39 is 6.10 Å². The van der Waals surface area contributed by atoms with Crippen molar-refractivity contribution in [1.29, 1.82) is 0 Å². The Morgan fingerprint density at radius 2 is 2.29 bits per heavy atom. The van der Waals surface area contributed by atoms with E-state index in [4.69, 9.17) is 5.11 Å². The predicted molar refractivity (Wildman–Crippen MR) is 29.7 cm³/mol. The molecule has 0 unspecified atom stereocenters. The van der Waals surface area contributed by atoms with E-state index >= 15 is 0 Å². The molecule has 0 aliphatic carbocycles. The number of hydrogen-bond acceptors (Lipinski definition) is 1. The van der Waals surface area contributed by atoms with E-state index in [0.29, 0.717) is 0 Å². The summed E-state index contributed by atoms with van der Waals surface area (Å²) >= 11 is 0. The number of aliphatic hydroxyl groups excluding tert-OH is 1. The van der Waals surface area contributed by atoms with Crippen LogP contribution in [0.25, 0.3) is 0 Å². The SMILES string of the molecule is CCC#C[C@H](C)O. The number of hydrogen-bond donors (Lipinski definition) is 1. The second kappa shape index (κ2) is 3.70. The average molecular weight is 98.1 g/mol. The van der Waals surface area contributed by atoms with E-state index in [1.807, 2.05) is 6.92 Å². The summed E-state index contributed by atoms with van der Waals surface area (Å²) in [5, 5.41) is 8.51. The zero-order chi connectivity index (χ0) is 5.70. The van der Waals surface area contributed by atoms with Crippen molar-refractivity contribution in [1.82, 2.24) is 0 Å². The van der Waals surface area contributed by atoms with E-state index in [1.54, 1.807) is 6.92 Å². The van der Waals surface area contributed by atoms with Gasteiger partial charge in [0.2, 0.25) is 0 Å². The fourth-order valence-corrected chi connectivity index (χ4v) is 0.250. The molecule has 0 amide bonds. The summed E-state index contributed by atoms with van der Waals surface area (Å²) in [7, 11) is 0. The van der Waals surface area contributed by atoms with Gasteiger partial charge in [-0.2, -0.15) is 0 Å². The van der Waals surface area contributed by atoms with Crippen LogP contribution < -0.4 is 0 Å². The Morgan fingerprint density at radius 3 is 2.43 bits per heavy atom. The molecule has 0 fully saturated rings. The molecule has 0 aliphatic heterocycles. The fraction of sp³-hybridized carbons (Fsp3) is 0.667. The standard InChI is InChI=1S/C6H10O/c1-3-4-5-6(2)7/h6-7H,3H2,1-2H3/t6-/m0/s1. The van der Waals surface area contributed by atoms with Gasteiger partial charge in [-0.25, -0.2) is 0 Å². The summed E-state index contributed by atoms with van der Waals surface area (Å²) in [6.07, 6.45) is 0.366. The lowest BCUT2D eigenvalue weighted by Crippen LogP contribution is -1.91. The maximum absolute atomic E-state index is 8.51. The van der Waals surface area contributed by atoms with Crippen molar-refractivity contribution in [2.24, 2.45) is 0 Å². The molecular formula is C6H10O. The van der Waals surface area contributed by atoms with Crippen LogP contribution in [-0.4, -0.2) is 11.2 Å². The van der Waals surface area contributed by atoms with Crippen molar-refractivity contribution in [3.05, 3.63) is 0 Å². The van der Waals surface area contributed by atoms with Gasteiger partial charge in [0, 0.05) is 6.42 Å². The Bertz CT molecular complexity index is 84.1. The minimum atomic E-state index is -0.458. The van der Waals surface area contributed by atoms with Crippen LogP contribution in [0.2, 0.25) is 0 Å². The van der Waals surface area contributed by atoms with Crippen molar-refractivity contribution < 1.29 is 5.11 Å². The highest BCUT2D eigenvalue weighted by Gasteiger charge is 1.78. The summed E-state index contributed by atoms with van der Waals surface area (Å²) < 4.78 is 0. The molecule has 0 radical (unpaired) electrons. The average Bonchev–Trinajstić information content (AvgIpc) is 1.61. The Morgan fingerprint density at radius 1 is 1.71 bits per heavy atom. The van der Waals surface area contributed by atoms with Gasteiger partial charge in [-0.15, -0.1) is 5.92 Å². The van der Waals surface area contributed by atoms with Gasteiger partial charge in [0.25, 0.3) is 0 Å². The van der Waals surface area contributed by atoms with Gasteiger partial charge in [0.15, 0.2) is 0 Å². The molecule has 0 saturated carbocycles. The summed E-state index contributed by atoms with van der Waals surface area (Å²) in [5.74, 6) is 5.35. The van der Waals surface area contributed by atoms with Crippen molar-refractivity contribution in [2.75, 3.05) is 0 Å². The highest BCUT2D eigenvalue weighted by molar-refractivity contribution is 5.01. The third-order valence-electron chi connectivity index (χ3n) is 0.488. The van der Waals surface area contributed by atoms with Crippen molar-refractivity contribution in [2.45, 2.75) is 26.4 Å². The summed E-state index contributed by atoms with van der Waals surface area (Å²) in [4.78, 5) is 0. The van der Waals surface area contributed by atoms with Crippen LogP contribution in [0.4, 0.5) is 0 Å². The normalized spacial score (nSPS) is 11.9. The Balaban J connectivity index is 3.24. The maximum Gasteiger partial charge on any atom is 0.111 e. The molecule has 0 aromatic rings. The first-order valence-corrected chi connectivity index (χ1v) is 2.43. The quantitative estimate of drug-likeness (QED) is 0.444. The molecule has 0 aliphatic rings. The van der Waals surface area contributed by atoms with Crippen LogP contribution in [-0.2, 0) is 0 Å². The van der Waals surface area contributed by atoms with Crippen molar-refractivity contribution in [3.8, 4) is 11.8 Å². The lowest BCUT2D eigenvalue weighted by molar-refractivity contribution is 0.253.